The molecule has 0 aliphatic carbocycles. The highest BCUT2D eigenvalue weighted by Crippen LogP contribution is 2.34. The van der Waals surface area contributed by atoms with Crippen molar-refractivity contribution in [2.75, 3.05) is 17.6 Å². The monoisotopic (exact) mass is 378 g/mol. The zero-order chi connectivity index (χ0) is 18.1. The van der Waals surface area contributed by atoms with Gasteiger partial charge in [0.25, 0.3) is 0 Å². The van der Waals surface area contributed by atoms with Crippen LogP contribution in [-0.4, -0.2) is 11.7 Å². The number of anilines is 2. The molecular formula is C16H15Cl2F3N2O. The van der Waals surface area contributed by atoms with E-state index >= 15 is 0 Å². The molecule has 2 aromatic carbocycles. The molecule has 130 valence electrons. The van der Waals surface area contributed by atoms with E-state index in [4.69, 9.17) is 28.9 Å². The van der Waals surface area contributed by atoms with Crippen LogP contribution in [0.3, 0.4) is 0 Å². The summed E-state index contributed by atoms with van der Waals surface area (Å²) in [5, 5.41) is 13.9. The lowest BCUT2D eigenvalue weighted by molar-refractivity contribution is -0.137. The van der Waals surface area contributed by atoms with Crippen molar-refractivity contribution in [2.45, 2.75) is 18.7 Å². The van der Waals surface area contributed by atoms with Crippen LogP contribution in [0.2, 0.25) is 10.0 Å². The predicted molar refractivity (Wildman–Crippen MR) is 90.4 cm³/mol. The van der Waals surface area contributed by atoms with E-state index in [2.05, 4.69) is 5.32 Å². The maximum atomic E-state index is 12.8. The smallest absolute Gasteiger partial charge is 0.396 e. The van der Waals surface area contributed by atoms with Crippen molar-refractivity contribution in [1.29, 1.82) is 0 Å². The van der Waals surface area contributed by atoms with Crippen molar-refractivity contribution < 1.29 is 18.3 Å². The molecule has 0 aliphatic rings. The molecule has 3 nitrogen and oxygen atoms in total. The maximum absolute atomic E-state index is 12.8. The number of nitrogen functional groups attached to an aromatic ring is 1. The summed E-state index contributed by atoms with van der Waals surface area (Å²) in [6, 6.07) is 7.59. The van der Waals surface area contributed by atoms with E-state index < -0.39 is 17.3 Å². The van der Waals surface area contributed by atoms with E-state index in [1.807, 2.05) is 0 Å². The Morgan fingerprint density at radius 2 is 1.62 bits per heavy atom. The lowest BCUT2D eigenvalue weighted by atomic mass is 9.94. The molecule has 0 fully saturated rings. The number of benzene rings is 2. The summed E-state index contributed by atoms with van der Waals surface area (Å²) in [5.41, 5.74) is 4.13. The van der Waals surface area contributed by atoms with Gasteiger partial charge in [0, 0.05) is 12.2 Å². The fourth-order valence-electron chi connectivity index (χ4n) is 2.09. The fourth-order valence-corrected chi connectivity index (χ4v) is 2.58. The largest absolute Gasteiger partial charge is 0.416 e. The van der Waals surface area contributed by atoms with Gasteiger partial charge >= 0.3 is 6.18 Å². The lowest BCUT2D eigenvalue weighted by Gasteiger charge is -2.26. The molecule has 0 radical (unpaired) electrons. The van der Waals surface area contributed by atoms with Crippen LogP contribution >= 0.6 is 23.2 Å². The molecule has 2 rings (SSSR count). The first-order chi connectivity index (χ1) is 11.0. The van der Waals surface area contributed by atoms with E-state index in [1.54, 1.807) is 0 Å². The Morgan fingerprint density at radius 3 is 2.17 bits per heavy atom. The molecule has 24 heavy (non-hydrogen) atoms. The van der Waals surface area contributed by atoms with Crippen LogP contribution in [0, 0.1) is 0 Å². The van der Waals surface area contributed by atoms with Gasteiger partial charge in [0.1, 0.15) is 5.60 Å². The molecule has 1 unspecified atom stereocenters. The summed E-state index contributed by atoms with van der Waals surface area (Å²) in [5.74, 6) is 0. The summed E-state index contributed by atoms with van der Waals surface area (Å²) < 4.78 is 38.4. The van der Waals surface area contributed by atoms with Crippen LogP contribution in [0.5, 0.6) is 0 Å². The third-order valence-electron chi connectivity index (χ3n) is 3.53. The molecule has 0 aliphatic heterocycles. The van der Waals surface area contributed by atoms with E-state index in [1.165, 1.54) is 31.2 Å². The number of nitrogens with two attached hydrogens (primary N) is 1. The van der Waals surface area contributed by atoms with Crippen LogP contribution in [0.25, 0.3) is 0 Å². The third-order valence-corrected chi connectivity index (χ3v) is 4.15. The molecule has 0 amide bonds. The highest BCUT2D eigenvalue weighted by molar-refractivity contribution is 6.39. The number of rotatable bonds is 4. The number of nitrogens with one attached hydrogen (secondary N) is 1. The van der Waals surface area contributed by atoms with Gasteiger partial charge in [0.15, 0.2) is 0 Å². The molecule has 4 N–H and O–H groups in total. The van der Waals surface area contributed by atoms with Gasteiger partial charge in [-0.1, -0.05) is 35.3 Å². The topological polar surface area (TPSA) is 58.3 Å². The first kappa shape index (κ1) is 18.7. The summed E-state index contributed by atoms with van der Waals surface area (Å²) in [6.07, 6.45) is -4.47. The molecule has 0 aromatic heterocycles. The Hall–Kier alpha value is -1.63. The fraction of sp³-hybridized carbons (Fsp3) is 0.250. The second-order valence-corrected chi connectivity index (χ2v) is 6.37. The highest BCUT2D eigenvalue weighted by Gasteiger charge is 2.32. The van der Waals surface area contributed by atoms with Gasteiger partial charge < -0.3 is 16.2 Å². The summed E-state index contributed by atoms with van der Waals surface area (Å²) >= 11 is 11.8. The number of aliphatic hydroxyl groups is 1. The molecule has 1 atom stereocenters. The van der Waals surface area contributed by atoms with Crippen LogP contribution < -0.4 is 11.1 Å². The van der Waals surface area contributed by atoms with E-state index in [9.17, 15) is 18.3 Å². The molecule has 0 saturated carbocycles. The second kappa shape index (κ2) is 6.70. The Morgan fingerprint density at radius 1 is 1.08 bits per heavy atom. The van der Waals surface area contributed by atoms with Crippen molar-refractivity contribution >= 4 is 34.6 Å². The Balaban J connectivity index is 2.20. The van der Waals surface area contributed by atoms with Crippen LogP contribution in [0.15, 0.2) is 36.4 Å². The zero-order valence-corrected chi connectivity index (χ0v) is 14.1. The quantitative estimate of drug-likeness (QED) is 0.662. The predicted octanol–water partition coefficient (Wildman–Crippen LogP) is 4.91. The molecule has 2 aromatic rings. The number of hydrogen-bond donors (Lipinski definition) is 3. The van der Waals surface area contributed by atoms with Crippen LogP contribution in [0.4, 0.5) is 24.5 Å². The lowest BCUT2D eigenvalue weighted by Crippen LogP contribution is -2.31. The van der Waals surface area contributed by atoms with E-state index in [-0.39, 0.29) is 27.8 Å². The standard InChI is InChI=1S/C16H15Cl2F3N2O/c1-15(24,9-3-2-4-10(5-9)16(19,20)21)8-23-11-6-12(17)14(22)13(18)7-11/h2-7,23-24H,8,22H2,1H3. The van der Waals surface area contributed by atoms with Gasteiger partial charge in [-0.15, -0.1) is 0 Å². The average Bonchev–Trinajstić information content (AvgIpc) is 2.50. The molecule has 0 saturated heterocycles. The Labute approximate surface area is 147 Å². The average molecular weight is 379 g/mol. The van der Waals surface area contributed by atoms with Crippen LogP contribution in [0.1, 0.15) is 18.1 Å². The number of halogens is 5. The van der Waals surface area contributed by atoms with Crippen molar-refractivity contribution in [2.24, 2.45) is 0 Å². The molecular weight excluding hydrogens is 364 g/mol. The van der Waals surface area contributed by atoms with Crippen LogP contribution in [-0.2, 0) is 11.8 Å². The first-order valence-electron chi connectivity index (χ1n) is 6.89. The third kappa shape index (κ3) is 4.26. The van der Waals surface area contributed by atoms with Gasteiger partial charge in [-0.3, -0.25) is 0 Å². The Bertz CT molecular complexity index is 725. The normalized spacial score (nSPS) is 14.3. The molecule has 8 heteroatoms. The number of alkyl halides is 3. The van der Waals surface area contributed by atoms with Gasteiger partial charge in [-0.05, 0) is 36.8 Å². The zero-order valence-electron chi connectivity index (χ0n) is 12.6. The Kier molecular flexibility index (Phi) is 5.22. The minimum Gasteiger partial charge on any atom is -0.396 e. The summed E-state index contributed by atoms with van der Waals surface area (Å²) in [4.78, 5) is 0. The molecule has 0 heterocycles. The van der Waals surface area contributed by atoms with Gasteiger partial charge in [-0.25, -0.2) is 0 Å². The minimum atomic E-state index is -4.47. The van der Waals surface area contributed by atoms with Crippen molar-refractivity contribution in [3.63, 3.8) is 0 Å². The van der Waals surface area contributed by atoms with Gasteiger partial charge in [0.05, 0.1) is 21.3 Å². The second-order valence-electron chi connectivity index (χ2n) is 5.56. The summed E-state index contributed by atoms with van der Waals surface area (Å²) in [6.45, 7) is 1.36. The maximum Gasteiger partial charge on any atom is 0.416 e. The first-order valence-corrected chi connectivity index (χ1v) is 7.65. The minimum absolute atomic E-state index is 0.0507. The van der Waals surface area contributed by atoms with E-state index in [0.29, 0.717) is 5.69 Å². The van der Waals surface area contributed by atoms with Crippen molar-refractivity contribution in [3.05, 3.63) is 57.6 Å². The van der Waals surface area contributed by atoms with Gasteiger partial charge in [0.2, 0.25) is 0 Å². The van der Waals surface area contributed by atoms with Crippen molar-refractivity contribution in [1.82, 2.24) is 0 Å². The number of hydrogen-bond acceptors (Lipinski definition) is 3. The highest BCUT2D eigenvalue weighted by atomic mass is 35.5. The SMILES string of the molecule is CC(O)(CNc1cc(Cl)c(N)c(Cl)c1)c1cccc(C(F)(F)F)c1. The van der Waals surface area contributed by atoms with Crippen molar-refractivity contribution in [3.8, 4) is 0 Å². The molecule has 0 bridgehead atoms. The van der Waals surface area contributed by atoms with Gasteiger partial charge in [-0.2, -0.15) is 13.2 Å². The van der Waals surface area contributed by atoms with E-state index in [0.717, 1.165) is 12.1 Å². The molecule has 0 spiro atoms. The summed E-state index contributed by atoms with van der Waals surface area (Å²) in [7, 11) is 0.